The fourth-order valence-electron chi connectivity index (χ4n) is 2.37. The van der Waals surface area contributed by atoms with Crippen LogP contribution in [0.5, 0.6) is 0 Å². The second kappa shape index (κ2) is 6.92. The van der Waals surface area contributed by atoms with E-state index in [0.717, 1.165) is 0 Å². The van der Waals surface area contributed by atoms with Crippen LogP contribution in [0, 0.1) is 5.92 Å². The van der Waals surface area contributed by atoms with Crippen LogP contribution in [-0.2, 0) is 14.3 Å². The highest BCUT2D eigenvalue weighted by molar-refractivity contribution is 5.81. The van der Waals surface area contributed by atoms with Gasteiger partial charge in [0, 0.05) is 0 Å². The van der Waals surface area contributed by atoms with Crippen molar-refractivity contribution < 1.29 is 24.2 Å². The smallest absolute Gasteiger partial charge is 0.408 e. The van der Waals surface area contributed by atoms with E-state index in [0.29, 0.717) is 25.7 Å². The van der Waals surface area contributed by atoms with Crippen LogP contribution in [0.15, 0.2) is 0 Å². The number of methoxy groups -OCH3 is 1. The molecule has 0 aromatic rings. The van der Waals surface area contributed by atoms with Crippen LogP contribution in [0.25, 0.3) is 0 Å². The molecular weight excluding hydrogens is 262 g/mol. The first kappa shape index (κ1) is 16.8. The number of esters is 1. The summed E-state index contributed by atoms with van der Waals surface area (Å²) in [7, 11) is 1.30. The molecule has 0 bridgehead atoms. The molecule has 0 saturated heterocycles. The van der Waals surface area contributed by atoms with Crippen LogP contribution in [0.1, 0.15) is 46.5 Å². The molecule has 0 radical (unpaired) electrons. The predicted octanol–water partition coefficient (Wildman–Crippen LogP) is 1.60. The average molecular weight is 287 g/mol. The van der Waals surface area contributed by atoms with Crippen molar-refractivity contribution in [1.82, 2.24) is 5.32 Å². The maximum absolute atomic E-state index is 11.8. The molecule has 1 aliphatic rings. The highest BCUT2D eigenvalue weighted by Gasteiger charge is 2.34. The summed E-state index contributed by atoms with van der Waals surface area (Å²) in [4.78, 5) is 23.6. The molecule has 1 aliphatic carbocycles. The van der Waals surface area contributed by atoms with Gasteiger partial charge in [-0.2, -0.15) is 0 Å². The molecule has 1 fully saturated rings. The Balaban J connectivity index is 2.65. The molecule has 116 valence electrons. The zero-order valence-electron chi connectivity index (χ0n) is 12.6. The third-order valence-corrected chi connectivity index (χ3v) is 3.34. The number of carbonyl (C=O) groups excluding carboxylic acids is 2. The molecule has 6 heteroatoms. The maximum atomic E-state index is 11.8. The van der Waals surface area contributed by atoms with E-state index in [4.69, 9.17) is 9.47 Å². The standard InChI is InChI=1S/C14H25NO5/c1-14(2,3)20-13(18)15-11(12(17)19-4)9-5-7-10(16)8-6-9/h9-11,16H,5-8H2,1-4H3,(H,15,18)/t9-,10+,11-/m0/s1. The van der Waals surface area contributed by atoms with Crippen molar-refractivity contribution in [3.63, 3.8) is 0 Å². The van der Waals surface area contributed by atoms with Crippen LogP contribution in [-0.4, -0.2) is 42.0 Å². The number of hydrogen-bond donors (Lipinski definition) is 2. The van der Waals surface area contributed by atoms with Gasteiger partial charge in [0.25, 0.3) is 0 Å². The number of hydrogen-bond acceptors (Lipinski definition) is 5. The first-order valence-corrected chi connectivity index (χ1v) is 6.98. The number of carbonyl (C=O) groups is 2. The normalized spacial score (nSPS) is 24.6. The first-order valence-electron chi connectivity index (χ1n) is 6.98. The minimum absolute atomic E-state index is 0.0293. The maximum Gasteiger partial charge on any atom is 0.408 e. The summed E-state index contributed by atoms with van der Waals surface area (Å²) in [6.45, 7) is 5.28. The van der Waals surface area contributed by atoms with Crippen LogP contribution >= 0.6 is 0 Å². The van der Waals surface area contributed by atoms with Crippen LogP contribution in [0.4, 0.5) is 4.79 Å². The summed E-state index contributed by atoms with van der Waals surface area (Å²) in [6.07, 6.45) is 1.68. The lowest BCUT2D eigenvalue weighted by atomic mass is 9.82. The SMILES string of the molecule is COC(=O)[C@@H](NC(=O)OC(C)(C)C)[C@H]1CC[C@@H](O)CC1. The first-order chi connectivity index (χ1) is 9.23. The molecule has 1 amide bonds. The van der Waals surface area contributed by atoms with Gasteiger partial charge in [-0.3, -0.25) is 0 Å². The molecule has 6 nitrogen and oxygen atoms in total. The molecule has 1 rings (SSSR count). The largest absolute Gasteiger partial charge is 0.467 e. The summed E-state index contributed by atoms with van der Waals surface area (Å²) >= 11 is 0. The fraction of sp³-hybridized carbons (Fsp3) is 0.857. The third-order valence-electron chi connectivity index (χ3n) is 3.34. The molecule has 20 heavy (non-hydrogen) atoms. The summed E-state index contributed by atoms with van der Waals surface area (Å²) in [5, 5.41) is 12.1. The van der Waals surface area contributed by atoms with E-state index >= 15 is 0 Å². The highest BCUT2D eigenvalue weighted by atomic mass is 16.6. The van der Waals surface area contributed by atoms with Crippen LogP contribution < -0.4 is 5.32 Å². The Labute approximate surface area is 119 Å². The van der Waals surface area contributed by atoms with Crippen LogP contribution in [0.3, 0.4) is 0 Å². The molecule has 2 N–H and O–H groups in total. The number of rotatable bonds is 3. The zero-order chi connectivity index (χ0) is 15.3. The molecule has 0 aromatic heterocycles. The lowest BCUT2D eigenvalue weighted by Crippen LogP contribution is -2.49. The highest BCUT2D eigenvalue weighted by Crippen LogP contribution is 2.27. The molecule has 1 saturated carbocycles. The van der Waals surface area contributed by atoms with Crippen molar-refractivity contribution in [3.8, 4) is 0 Å². The van der Waals surface area contributed by atoms with Gasteiger partial charge in [-0.05, 0) is 52.4 Å². The van der Waals surface area contributed by atoms with Crippen molar-refractivity contribution in [3.05, 3.63) is 0 Å². The molecule has 1 atom stereocenters. The number of ether oxygens (including phenoxy) is 2. The van der Waals surface area contributed by atoms with Crippen molar-refractivity contribution >= 4 is 12.1 Å². The number of alkyl carbamates (subject to hydrolysis) is 1. The molecule has 0 unspecified atom stereocenters. The summed E-state index contributed by atoms with van der Waals surface area (Å²) in [5.41, 5.74) is -0.618. The van der Waals surface area contributed by atoms with E-state index in [9.17, 15) is 14.7 Å². The van der Waals surface area contributed by atoms with Gasteiger partial charge in [-0.1, -0.05) is 0 Å². The molecule has 0 spiro atoms. The summed E-state index contributed by atoms with van der Waals surface area (Å²) < 4.78 is 9.92. The lowest BCUT2D eigenvalue weighted by molar-refractivity contribution is -0.145. The van der Waals surface area contributed by atoms with Gasteiger partial charge >= 0.3 is 12.1 Å². The minimum atomic E-state index is -0.720. The topological polar surface area (TPSA) is 84.9 Å². The van der Waals surface area contributed by atoms with Gasteiger partial charge in [0.15, 0.2) is 0 Å². The lowest BCUT2D eigenvalue weighted by Gasteiger charge is -2.31. The third kappa shape index (κ3) is 5.36. The van der Waals surface area contributed by atoms with E-state index in [1.165, 1.54) is 7.11 Å². The molecule has 0 heterocycles. The van der Waals surface area contributed by atoms with Gasteiger partial charge in [-0.25, -0.2) is 9.59 Å². The van der Waals surface area contributed by atoms with Crippen molar-refractivity contribution in [2.24, 2.45) is 5.92 Å². The number of aliphatic hydroxyl groups is 1. The van der Waals surface area contributed by atoms with E-state index in [2.05, 4.69) is 5.32 Å². The quantitative estimate of drug-likeness (QED) is 0.770. The monoisotopic (exact) mass is 287 g/mol. The Bertz CT molecular complexity index is 342. The summed E-state index contributed by atoms with van der Waals surface area (Å²) in [6, 6.07) is -0.720. The number of aliphatic hydroxyl groups excluding tert-OH is 1. The van der Waals surface area contributed by atoms with E-state index in [-0.39, 0.29) is 12.0 Å². The van der Waals surface area contributed by atoms with Crippen molar-refractivity contribution in [2.75, 3.05) is 7.11 Å². The average Bonchev–Trinajstić information content (AvgIpc) is 2.34. The number of amides is 1. The van der Waals surface area contributed by atoms with Gasteiger partial charge in [0.2, 0.25) is 0 Å². The van der Waals surface area contributed by atoms with E-state index in [1.807, 2.05) is 0 Å². The van der Waals surface area contributed by atoms with Crippen LogP contribution in [0.2, 0.25) is 0 Å². The Morgan fingerprint density at radius 1 is 1.20 bits per heavy atom. The number of nitrogens with one attached hydrogen (secondary N) is 1. The van der Waals surface area contributed by atoms with Crippen molar-refractivity contribution in [1.29, 1.82) is 0 Å². The predicted molar refractivity (Wildman–Crippen MR) is 73.1 cm³/mol. The zero-order valence-corrected chi connectivity index (χ0v) is 12.6. The minimum Gasteiger partial charge on any atom is -0.467 e. The Hall–Kier alpha value is -1.30. The van der Waals surface area contributed by atoms with Gasteiger partial charge in [-0.15, -0.1) is 0 Å². The molecular formula is C14H25NO5. The second-order valence-electron chi connectivity index (χ2n) is 6.22. The Morgan fingerprint density at radius 3 is 2.20 bits per heavy atom. The van der Waals surface area contributed by atoms with Gasteiger partial charge in [0.1, 0.15) is 11.6 Å². The Kier molecular flexibility index (Phi) is 5.80. The van der Waals surface area contributed by atoms with Crippen molar-refractivity contribution in [2.45, 2.75) is 64.2 Å². The molecule has 0 aliphatic heterocycles. The summed E-state index contributed by atoms with van der Waals surface area (Å²) in [5.74, 6) is -0.504. The Morgan fingerprint density at radius 2 is 1.75 bits per heavy atom. The van der Waals surface area contributed by atoms with E-state index in [1.54, 1.807) is 20.8 Å². The van der Waals surface area contributed by atoms with Gasteiger partial charge in [0.05, 0.1) is 13.2 Å². The fourth-order valence-corrected chi connectivity index (χ4v) is 2.37. The molecule has 0 aromatic carbocycles. The van der Waals surface area contributed by atoms with Gasteiger partial charge < -0.3 is 19.9 Å². The van der Waals surface area contributed by atoms with E-state index < -0.39 is 23.7 Å². The second-order valence-corrected chi connectivity index (χ2v) is 6.22.